The summed E-state index contributed by atoms with van der Waals surface area (Å²) in [6, 6.07) is 0. The van der Waals surface area contributed by atoms with Crippen LogP contribution < -0.4 is 0 Å². The molecule has 0 fully saturated rings. The van der Waals surface area contributed by atoms with E-state index in [-0.39, 0.29) is 5.57 Å². The Labute approximate surface area is 88.4 Å². The largest absolute Gasteiger partial charge is 0.367 e. The monoisotopic (exact) mass is 201 g/mol. The quantitative estimate of drug-likeness (QED) is 0.397. The van der Waals surface area contributed by atoms with E-state index >= 15 is 0 Å². The lowest BCUT2D eigenvalue weighted by Crippen LogP contribution is -2.05. The fourth-order valence-corrected chi connectivity index (χ4v) is 1.00. The number of allylic oxidation sites excluding steroid dienone is 6. The van der Waals surface area contributed by atoms with Gasteiger partial charge >= 0.3 is 5.97 Å². The minimum absolute atomic E-state index is 0.244. The van der Waals surface area contributed by atoms with Crippen molar-refractivity contribution in [1.82, 2.24) is 0 Å². The molecule has 1 rings (SSSR count). The van der Waals surface area contributed by atoms with Crippen LogP contribution in [0.15, 0.2) is 66.4 Å². The lowest BCUT2D eigenvalue weighted by atomic mass is 10.0. The van der Waals surface area contributed by atoms with Crippen molar-refractivity contribution >= 4 is 11.7 Å². The van der Waals surface area contributed by atoms with E-state index in [9.17, 15) is 4.79 Å². The Morgan fingerprint density at radius 3 is 2.53 bits per heavy atom. The van der Waals surface area contributed by atoms with Crippen LogP contribution in [0.2, 0.25) is 0 Å². The molecular formula is C12H11NO2. The first-order valence-corrected chi connectivity index (χ1v) is 4.31. The summed E-state index contributed by atoms with van der Waals surface area (Å²) in [7, 11) is 0. The average molecular weight is 201 g/mol. The van der Waals surface area contributed by atoms with E-state index in [1.807, 2.05) is 0 Å². The molecule has 0 amide bonds. The van der Waals surface area contributed by atoms with Crippen molar-refractivity contribution in [1.29, 1.82) is 0 Å². The molecule has 0 aromatic carbocycles. The fraction of sp³-hybridized carbons (Fsp3) is 0. The molecule has 0 aliphatic carbocycles. The van der Waals surface area contributed by atoms with Crippen LogP contribution in [0.25, 0.3) is 0 Å². The van der Waals surface area contributed by atoms with Gasteiger partial charge in [-0.2, -0.15) is 0 Å². The van der Waals surface area contributed by atoms with Crippen molar-refractivity contribution in [3.05, 3.63) is 61.3 Å². The summed E-state index contributed by atoms with van der Waals surface area (Å²) in [5.74, 6) is -0.523. The molecule has 0 radical (unpaired) electrons. The molecular weight excluding hydrogens is 190 g/mol. The van der Waals surface area contributed by atoms with Gasteiger partial charge in [-0.25, -0.2) is 4.79 Å². The van der Waals surface area contributed by atoms with Crippen molar-refractivity contribution in [3.8, 4) is 0 Å². The Hall–Kier alpha value is -2.16. The molecule has 1 aliphatic rings. The first-order chi connectivity index (χ1) is 7.20. The molecule has 0 aromatic heterocycles. The molecule has 0 unspecified atom stereocenters. The average Bonchev–Trinajstić information content (AvgIpc) is 2.56. The molecule has 15 heavy (non-hydrogen) atoms. The van der Waals surface area contributed by atoms with E-state index in [4.69, 9.17) is 0 Å². The third-order valence-electron chi connectivity index (χ3n) is 1.77. The summed E-state index contributed by atoms with van der Waals surface area (Å²) in [5.41, 5.74) is 1.35. The minimum atomic E-state index is -0.523. The summed E-state index contributed by atoms with van der Waals surface area (Å²) < 4.78 is 0. The molecule has 0 spiro atoms. The second-order valence-corrected chi connectivity index (χ2v) is 2.74. The lowest BCUT2D eigenvalue weighted by Gasteiger charge is -1.96. The van der Waals surface area contributed by atoms with Gasteiger partial charge in [0.1, 0.15) is 5.71 Å². The minimum Gasteiger partial charge on any atom is -0.312 e. The molecule has 1 heterocycles. The molecule has 0 atom stereocenters. The van der Waals surface area contributed by atoms with Crippen LogP contribution in [0.4, 0.5) is 0 Å². The zero-order valence-electron chi connectivity index (χ0n) is 8.27. The molecule has 0 aromatic rings. The number of carbonyl (C=O) groups is 1. The number of hydrogen-bond acceptors (Lipinski definition) is 3. The predicted octanol–water partition coefficient (Wildman–Crippen LogP) is 2.31. The maximum atomic E-state index is 11.0. The highest BCUT2D eigenvalue weighted by atomic mass is 16.7. The van der Waals surface area contributed by atoms with Crippen molar-refractivity contribution in [2.45, 2.75) is 0 Å². The maximum absolute atomic E-state index is 11.0. The summed E-state index contributed by atoms with van der Waals surface area (Å²) in [6.07, 6.45) is 8.50. The number of nitrogens with zero attached hydrogens (tertiary/aromatic N) is 1. The summed E-state index contributed by atoms with van der Waals surface area (Å²) in [4.78, 5) is 15.5. The van der Waals surface area contributed by atoms with E-state index in [0.29, 0.717) is 11.3 Å². The van der Waals surface area contributed by atoms with Gasteiger partial charge < -0.3 is 4.84 Å². The SMILES string of the molecule is C=C/C=C\C=C(/C=C)C1=NOC(=O)C1=C. The van der Waals surface area contributed by atoms with Crippen LogP contribution >= 0.6 is 0 Å². The Balaban J connectivity index is 2.94. The Morgan fingerprint density at radius 2 is 2.07 bits per heavy atom. The molecule has 3 nitrogen and oxygen atoms in total. The van der Waals surface area contributed by atoms with Gasteiger partial charge in [-0.3, -0.25) is 0 Å². The highest BCUT2D eigenvalue weighted by molar-refractivity contribution is 6.29. The molecule has 3 heteroatoms. The van der Waals surface area contributed by atoms with E-state index in [0.717, 1.165) is 0 Å². The fourth-order valence-electron chi connectivity index (χ4n) is 1.00. The topological polar surface area (TPSA) is 38.7 Å². The van der Waals surface area contributed by atoms with Gasteiger partial charge in [0, 0.05) is 5.57 Å². The molecule has 0 N–H and O–H groups in total. The van der Waals surface area contributed by atoms with Crippen molar-refractivity contribution in [2.75, 3.05) is 0 Å². The van der Waals surface area contributed by atoms with Gasteiger partial charge in [0.2, 0.25) is 0 Å². The smallest absolute Gasteiger partial charge is 0.312 e. The van der Waals surface area contributed by atoms with Crippen LogP contribution in [0.5, 0.6) is 0 Å². The Bertz CT molecular complexity index is 411. The van der Waals surface area contributed by atoms with Crippen LogP contribution in [-0.4, -0.2) is 11.7 Å². The molecule has 76 valence electrons. The molecule has 1 aliphatic heterocycles. The molecule has 0 saturated carbocycles. The van der Waals surface area contributed by atoms with E-state index in [2.05, 4.69) is 29.7 Å². The summed E-state index contributed by atoms with van der Waals surface area (Å²) in [5, 5.41) is 3.62. The van der Waals surface area contributed by atoms with Crippen molar-refractivity contribution in [2.24, 2.45) is 5.16 Å². The van der Waals surface area contributed by atoms with E-state index in [1.165, 1.54) is 0 Å². The first-order valence-electron chi connectivity index (χ1n) is 4.31. The molecule has 0 saturated heterocycles. The lowest BCUT2D eigenvalue weighted by molar-refractivity contribution is -0.136. The van der Waals surface area contributed by atoms with Crippen LogP contribution in [0.1, 0.15) is 0 Å². The second kappa shape index (κ2) is 4.91. The normalized spacial score (nSPS) is 16.5. The van der Waals surface area contributed by atoms with Crippen LogP contribution in [-0.2, 0) is 9.63 Å². The maximum Gasteiger partial charge on any atom is 0.367 e. The number of oxime groups is 1. The van der Waals surface area contributed by atoms with Crippen molar-refractivity contribution < 1.29 is 9.63 Å². The highest BCUT2D eigenvalue weighted by Crippen LogP contribution is 2.16. The standard InChI is InChI=1S/C12H11NO2/c1-4-6-7-8-10(5-2)11-9(3)12(14)15-13-11/h4-8H,1-3H2/b7-6-,10-8+. The first kappa shape index (κ1) is 10.9. The summed E-state index contributed by atoms with van der Waals surface area (Å²) in [6.45, 7) is 10.7. The Kier molecular flexibility index (Phi) is 3.57. The highest BCUT2D eigenvalue weighted by Gasteiger charge is 2.24. The zero-order chi connectivity index (χ0) is 11.3. The van der Waals surface area contributed by atoms with E-state index in [1.54, 1.807) is 30.4 Å². The van der Waals surface area contributed by atoms with Gasteiger partial charge in [0.25, 0.3) is 0 Å². The second-order valence-electron chi connectivity index (χ2n) is 2.74. The van der Waals surface area contributed by atoms with Gasteiger partial charge in [0.15, 0.2) is 0 Å². The van der Waals surface area contributed by atoms with Gasteiger partial charge in [-0.1, -0.05) is 55.3 Å². The summed E-state index contributed by atoms with van der Waals surface area (Å²) >= 11 is 0. The number of hydrogen-bond donors (Lipinski definition) is 0. The zero-order valence-corrected chi connectivity index (χ0v) is 8.27. The van der Waals surface area contributed by atoms with Crippen LogP contribution in [0.3, 0.4) is 0 Å². The van der Waals surface area contributed by atoms with E-state index < -0.39 is 5.97 Å². The van der Waals surface area contributed by atoms with Gasteiger partial charge in [-0.05, 0) is 0 Å². The Morgan fingerprint density at radius 1 is 1.33 bits per heavy atom. The third kappa shape index (κ3) is 2.40. The van der Waals surface area contributed by atoms with Crippen LogP contribution in [0, 0.1) is 0 Å². The van der Waals surface area contributed by atoms with Gasteiger partial charge in [0.05, 0.1) is 5.57 Å². The third-order valence-corrected chi connectivity index (χ3v) is 1.77. The number of carbonyl (C=O) groups excluding carboxylic acids is 1. The van der Waals surface area contributed by atoms with Crippen molar-refractivity contribution in [3.63, 3.8) is 0 Å². The molecule has 0 bridgehead atoms. The van der Waals surface area contributed by atoms with Gasteiger partial charge in [-0.15, -0.1) is 0 Å². The number of rotatable bonds is 4. The predicted molar refractivity (Wildman–Crippen MR) is 60.3 cm³/mol.